The molecule has 0 radical (unpaired) electrons. The van der Waals surface area contributed by atoms with Crippen LogP contribution in [0.1, 0.15) is 19.3 Å². The van der Waals surface area contributed by atoms with Crippen molar-refractivity contribution in [2.24, 2.45) is 5.92 Å². The zero-order chi connectivity index (χ0) is 14.7. The summed E-state index contributed by atoms with van der Waals surface area (Å²) < 4.78 is 0.938. The lowest BCUT2D eigenvalue weighted by molar-refractivity contribution is -0.117. The van der Waals surface area contributed by atoms with Gasteiger partial charge in [-0.15, -0.1) is 0 Å². The lowest BCUT2D eigenvalue weighted by Crippen LogP contribution is -2.30. The van der Waals surface area contributed by atoms with Gasteiger partial charge in [-0.1, -0.05) is 12.1 Å². The van der Waals surface area contributed by atoms with E-state index >= 15 is 0 Å². The Labute approximate surface area is 132 Å². The fourth-order valence-corrected chi connectivity index (χ4v) is 3.13. The number of rotatable bonds is 3. The van der Waals surface area contributed by atoms with E-state index in [-0.39, 0.29) is 5.91 Å². The number of para-hydroxylation sites is 1. The number of halogens is 1. The molecule has 1 aliphatic rings. The van der Waals surface area contributed by atoms with Gasteiger partial charge < -0.3 is 10.6 Å². The quantitative estimate of drug-likeness (QED) is 0.895. The number of pyridine rings is 1. The fourth-order valence-electron chi connectivity index (χ4n) is 2.78. The number of anilines is 1. The third-order valence-corrected chi connectivity index (χ3v) is 4.32. The highest BCUT2D eigenvalue weighted by Gasteiger charge is 2.17. The van der Waals surface area contributed by atoms with Crippen LogP contribution in [0, 0.1) is 5.92 Å². The van der Waals surface area contributed by atoms with E-state index in [1.807, 2.05) is 24.3 Å². The van der Waals surface area contributed by atoms with Gasteiger partial charge in [0.25, 0.3) is 0 Å². The summed E-state index contributed by atoms with van der Waals surface area (Å²) in [6.45, 7) is 2.03. The second kappa shape index (κ2) is 6.54. The van der Waals surface area contributed by atoms with Crippen molar-refractivity contribution in [3.8, 4) is 0 Å². The van der Waals surface area contributed by atoms with E-state index in [1.54, 1.807) is 6.20 Å². The maximum Gasteiger partial charge on any atom is 0.224 e. The molecule has 1 saturated heterocycles. The van der Waals surface area contributed by atoms with Gasteiger partial charge in [-0.2, -0.15) is 0 Å². The van der Waals surface area contributed by atoms with Crippen LogP contribution in [-0.4, -0.2) is 24.0 Å². The van der Waals surface area contributed by atoms with Crippen molar-refractivity contribution < 1.29 is 4.79 Å². The van der Waals surface area contributed by atoms with E-state index in [0.717, 1.165) is 47.0 Å². The van der Waals surface area contributed by atoms with Crippen LogP contribution < -0.4 is 10.6 Å². The monoisotopic (exact) mass is 347 g/mol. The standard InChI is InChI=1S/C16H18BrN3O/c17-13-9-12-2-1-3-14(16(12)19-10-13)20-15(21)8-11-4-6-18-7-5-11/h1-3,9-11,18H,4-8H2,(H,20,21). The summed E-state index contributed by atoms with van der Waals surface area (Å²) in [6.07, 6.45) is 4.50. The first-order valence-corrected chi connectivity index (χ1v) is 8.06. The molecule has 1 amide bonds. The Kier molecular flexibility index (Phi) is 4.51. The number of nitrogens with zero attached hydrogens (tertiary/aromatic N) is 1. The maximum atomic E-state index is 12.2. The minimum absolute atomic E-state index is 0.0825. The van der Waals surface area contributed by atoms with Gasteiger partial charge in [-0.05, 0) is 59.9 Å². The average molecular weight is 348 g/mol. The summed E-state index contributed by atoms with van der Waals surface area (Å²) >= 11 is 3.42. The second-order valence-electron chi connectivity index (χ2n) is 5.48. The number of piperidine rings is 1. The number of carbonyl (C=O) groups excluding carboxylic acids is 1. The predicted octanol–water partition coefficient (Wildman–Crippen LogP) is 3.33. The molecule has 1 aromatic carbocycles. The van der Waals surface area contributed by atoms with Gasteiger partial charge in [-0.3, -0.25) is 9.78 Å². The number of hydrogen-bond acceptors (Lipinski definition) is 3. The molecule has 1 aromatic heterocycles. The van der Waals surface area contributed by atoms with E-state index in [1.165, 1.54) is 0 Å². The molecule has 0 unspecified atom stereocenters. The molecule has 0 saturated carbocycles. The molecular weight excluding hydrogens is 330 g/mol. The normalized spacial score (nSPS) is 16.0. The van der Waals surface area contributed by atoms with Crippen molar-refractivity contribution in [1.29, 1.82) is 0 Å². The van der Waals surface area contributed by atoms with Crippen LogP contribution in [0.25, 0.3) is 10.9 Å². The Bertz CT molecular complexity index is 653. The lowest BCUT2D eigenvalue weighted by Gasteiger charge is -2.22. The van der Waals surface area contributed by atoms with Crippen LogP contribution in [0.2, 0.25) is 0 Å². The average Bonchev–Trinajstić information content (AvgIpc) is 2.48. The highest BCUT2D eigenvalue weighted by Crippen LogP contribution is 2.25. The second-order valence-corrected chi connectivity index (χ2v) is 6.39. The van der Waals surface area contributed by atoms with Gasteiger partial charge in [0, 0.05) is 22.5 Å². The molecule has 1 fully saturated rings. The van der Waals surface area contributed by atoms with E-state index in [4.69, 9.17) is 0 Å². The summed E-state index contributed by atoms with van der Waals surface area (Å²) in [5.41, 5.74) is 1.62. The minimum Gasteiger partial charge on any atom is -0.324 e. The van der Waals surface area contributed by atoms with Gasteiger partial charge in [0.05, 0.1) is 11.2 Å². The lowest BCUT2D eigenvalue weighted by atomic mass is 9.94. The Morgan fingerprint density at radius 1 is 1.38 bits per heavy atom. The van der Waals surface area contributed by atoms with Crippen molar-refractivity contribution in [1.82, 2.24) is 10.3 Å². The number of aromatic nitrogens is 1. The van der Waals surface area contributed by atoms with Gasteiger partial charge in [0.15, 0.2) is 0 Å². The molecule has 2 aromatic rings. The third kappa shape index (κ3) is 3.60. The Hall–Kier alpha value is -1.46. The van der Waals surface area contributed by atoms with Crippen molar-refractivity contribution in [2.45, 2.75) is 19.3 Å². The minimum atomic E-state index is 0.0825. The number of benzene rings is 1. The first-order valence-electron chi connectivity index (χ1n) is 7.27. The van der Waals surface area contributed by atoms with E-state index in [9.17, 15) is 4.79 Å². The smallest absolute Gasteiger partial charge is 0.224 e. The third-order valence-electron chi connectivity index (χ3n) is 3.88. The van der Waals surface area contributed by atoms with Crippen molar-refractivity contribution >= 4 is 38.4 Å². The molecule has 5 heteroatoms. The SMILES string of the molecule is O=C(CC1CCNCC1)Nc1cccc2cc(Br)cnc12. The summed E-state index contributed by atoms with van der Waals surface area (Å²) in [4.78, 5) is 16.6. The summed E-state index contributed by atoms with van der Waals surface area (Å²) in [7, 11) is 0. The van der Waals surface area contributed by atoms with Gasteiger partial charge >= 0.3 is 0 Å². The van der Waals surface area contributed by atoms with Crippen LogP contribution in [0.4, 0.5) is 5.69 Å². The van der Waals surface area contributed by atoms with Crippen LogP contribution in [-0.2, 0) is 4.79 Å². The highest BCUT2D eigenvalue weighted by molar-refractivity contribution is 9.10. The Morgan fingerprint density at radius 2 is 2.19 bits per heavy atom. The van der Waals surface area contributed by atoms with Crippen LogP contribution >= 0.6 is 15.9 Å². The fraction of sp³-hybridized carbons (Fsp3) is 0.375. The molecule has 21 heavy (non-hydrogen) atoms. The molecule has 2 heterocycles. The molecular formula is C16H18BrN3O. The highest BCUT2D eigenvalue weighted by atomic mass is 79.9. The molecule has 2 N–H and O–H groups in total. The van der Waals surface area contributed by atoms with Crippen molar-refractivity contribution in [2.75, 3.05) is 18.4 Å². The summed E-state index contributed by atoms with van der Waals surface area (Å²) in [5.74, 6) is 0.572. The Morgan fingerprint density at radius 3 is 3.00 bits per heavy atom. The molecule has 3 rings (SSSR count). The van der Waals surface area contributed by atoms with Crippen LogP contribution in [0.5, 0.6) is 0 Å². The molecule has 110 valence electrons. The summed E-state index contributed by atoms with van der Waals surface area (Å²) in [5, 5.41) is 7.35. The zero-order valence-electron chi connectivity index (χ0n) is 11.7. The van der Waals surface area contributed by atoms with E-state index in [0.29, 0.717) is 12.3 Å². The van der Waals surface area contributed by atoms with E-state index < -0.39 is 0 Å². The van der Waals surface area contributed by atoms with E-state index in [2.05, 4.69) is 31.5 Å². The summed E-state index contributed by atoms with van der Waals surface area (Å²) in [6, 6.07) is 7.85. The largest absolute Gasteiger partial charge is 0.324 e. The molecule has 0 bridgehead atoms. The first-order chi connectivity index (χ1) is 10.2. The van der Waals surface area contributed by atoms with Gasteiger partial charge in [0.1, 0.15) is 0 Å². The molecule has 1 aliphatic heterocycles. The van der Waals surface area contributed by atoms with Gasteiger partial charge in [-0.25, -0.2) is 0 Å². The maximum absolute atomic E-state index is 12.2. The number of carbonyl (C=O) groups is 1. The predicted molar refractivity (Wildman–Crippen MR) is 88.3 cm³/mol. The zero-order valence-corrected chi connectivity index (χ0v) is 13.3. The van der Waals surface area contributed by atoms with Crippen LogP contribution in [0.15, 0.2) is 34.9 Å². The Balaban J connectivity index is 1.73. The molecule has 4 nitrogen and oxygen atoms in total. The number of nitrogens with one attached hydrogen (secondary N) is 2. The molecule has 0 atom stereocenters. The number of amides is 1. The molecule has 0 spiro atoms. The topological polar surface area (TPSA) is 54.0 Å². The molecule has 0 aliphatic carbocycles. The van der Waals surface area contributed by atoms with Crippen molar-refractivity contribution in [3.63, 3.8) is 0 Å². The van der Waals surface area contributed by atoms with Crippen molar-refractivity contribution in [3.05, 3.63) is 34.9 Å². The number of fused-ring (bicyclic) bond motifs is 1. The first kappa shape index (κ1) is 14.5. The van der Waals surface area contributed by atoms with Crippen LogP contribution in [0.3, 0.4) is 0 Å². The van der Waals surface area contributed by atoms with Gasteiger partial charge in [0.2, 0.25) is 5.91 Å². The number of hydrogen-bond donors (Lipinski definition) is 2.